The van der Waals surface area contributed by atoms with Gasteiger partial charge in [-0.3, -0.25) is 0 Å². The Morgan fingerprint density at radius 1 is 1.18 bits per heavy atom. The number of nitrogens with two attached hydrogens (primary N) is 1. The number of nitrogens with one attached hydrogen (secondary N) is 2. The molecule has 0 radical (unpaired) electrons. The maximum Gasteiger partial charge on any atom is 1.00 e. The van der Waals surface area contributed by atoms with E-state index in [2.05, 4.69) is 41.2 Å². The SMILES string of the molecule is C1CNCCN1.NC(=S)[S-].[K+]. The van der Waals surface area contributed by atoms with Gasteiger partial charge in [0.1, 0.15) is 0 Å². The molecule has 0 aromatic rings. The van der Waals surface area contributed by atoms with Gasteiger partial charge in [-0.25, -0.2) is 0 Å². The van der Waals surface area contributed by atoms with Crippen molar-refractivity contribution in [2.45, 2.75) is 0 Å². The molecule has 1 aliphatic heterocycles. The quantitative estimate of drug-likeness (QED) is 0.219. The third-order valence-corrected chi connectivity index (χ3v) is 0.957. The maximum atomic E-state index is 4.66. The number of hydrogen-bond acceptors (Lipinski definition) is 4. The summed E-state index contributed by atoms with van der Waals surface area (Å²) in [5.41, 5.74) is 4.66. The van der Waals surface area contributed by atoms with Crippen molar-refractivity contribution in [2.24, 2.45) is 5.73 Å². The van der Waals surface area contributed by atoms with E-state index < -0.39 is 0 Å². The molecular formula is C5H12KN3S2. The second-order valence-corrected chi connectivity index (χ2v) is 2.96. The molecule has 1 aliphatic rings. The van der Waals surface area contributed by atoms with Gasteiger partial charge in [0.25, 0.3) is 0 Å². The second-order valence-electron chi connectivity index (χ2n) is 1.82. The molecule has 1 saturated heterocycles. The number of piperazine rings is 1. The zero-order chi connectivity index (χ0) is 7.82. The van der Waals surface area contributed by atoms with Gasteiger partial charge in [0, 0.05) is 26.2 Å². The van der Waals surface area contributed by atoms with Gasteiger partial charge < -0.3 is 41.2 Å². The third-order valence-electron chi connectivity index (χ3n) is 0.957. The number of rotatable bonds is 0. The van der Waals surface area contributed by atoms with Gasteiger partial charge in [-0.05, 0) is 0 Å². The van der Waals surface area contributed by atoms with E-state index in [-0.39, 0.29) is 55.7 Å². The molecule has 0 aliphatic carbocycles. The standard InChI is InChI=1S/C4H10N2.CH3NS2.K/c1-2-6-4-3-5-1;2-1(3)4;/h5-6H,1-4H2;(H3,2,3,4);/q;;+1/p-1. The minimum atomic E-state index is 0. The summed E-state index contributed by atoms with van der Waals surface area (Å²) in [7, 11) is 0. The van der Waals surface area contributed by atoms with Gasteiger partial charge in [0.2, 0.25) is 0 Å². The third kappa shape index (κ3) is 18.5. The fourth-order valence-corrected chi connectivity index (χ4v) is 0.604. The average Bonchev–Trinajstić information content (AvgIpc) is 1.90. The van der Waals surface area contributed by atoms with E-state index in [1.807, 2.05) is 0 Å². The van der Waals surface area contributed by atoms with Crippen LogP contribution in [-0.4, -0.2) is 30.5 Å². The fourth-order valence-electron chi connectivity index (χ4n) is 0.604. The van der Waals surface area contributed by atoms with Crippen LogP contribution in [0.5, 0.6) is 0 Å². The zero-order valence-electron chi connectivity index (χ0n) is 6.72. The van der Waals surface area contributed by atoms with Crippen molar-refractivity contribution in [3.8, 4) is 0 Å². The van der Waals surface area contributed by atoms with Gasteiger partial charge in [-0.2, -0.15) is 0 Å². The van der Waals surface area contributed by atoms with Gasteiger partial charge in [0.05, 0.1) is 0 Å². The predicted molar refractivity (Wildman–Crippen MR) is 49.9 cm³/mol. The van der Waals surface area contributed by atoms with E-state index in [0.717, 1.165) is 26.2 Å². The molecule has 0 aromatic heterocycles. The first-order valence-corrected chi connectivity index (χ1v) is 3.93. The molecule has 0 amide bonds. The van der Waals surface area contributed by atoms with Crippen molar-refractivity contribution in [2.75, 3.05) is 26.2 Å². The van der Waals surface area contributed by atoms with E-state index >= 15 is 0 Å². The van der Waals surface area contributed by atoms with Crippen molar-refractivity contribution < 1.29 is 51.4 Å². The zero-order valence-corrected chi connectivity index (χ0v) is 11.5. The van der Waals surface area contributed by atoms with Crippen LogP contribution in [0.3, 0.4) is 0 Å². The summed E-state index contributed by atoms with van der Waals surface area (Å²) in [6, 6.07) is 0. The minimum Gasteiger partial charge on any atom is -0.415 e. The Kier molecular flexibility index (Phi) is 16.1. The monoisotopic (exact) mass is 217 g/mol. The fraction of sp³-hybridized carbons (Fsp3) is 0.800. The Labute approximate surface area is 121 Å². The molecule has 3 nitrogen and oxygen atoms in total. The summed E-state index contributed by atoms with van der Waals surface area (Å²) >= 11 is 8.26. The van der Waals surface area contributed by atoms with E-state index in [9.17, 15) is 0 Å². The van der Waals surface area contributed by atoms with Crippen LogP contribution >= 0.6 is 12.2 Å². The maximum absolute atomic E-state index is 4.66. The van der Waals surface area contributed by atoms with E-state index in [1.54, 1.807) is 0 Å². The molecule has 6 heteroatoms. The molecule has 11 heavy (non-hydrogen) atoms. The van der Waals surface area contributed by atoms with Gasteiger partial charge >= 0.3 is 51.4 Å². The van der Waals surface area contributed by atoms with Gasteiger partial charge in [0.15, 0.2) is 0 Å². The van der Waals surface area contributed by atoms with Crippen LogP contribution in [0.4, 0.5) is 0 Å². The Morgan fingerprint density at radius 3 is 1.45 bits per heavy atom. The van der Waals surface area contributed by atoms with Crippen molar-refractivity contribution >= 4 is 29.2 Å². The predicted octanol–water partition coefficient (Wildman–Crippen LogP) is -4.04. The first kappa shape index (κ1) is 15.2. The molecule has 0 spiro atoms. The minimum absolute atomic E-state index is 0. The normalized spacial score (nSPS) is 15.3. The molecule has 0 aromatic carbocycles. The van der Waals surface area contributed by atoms with Crippen LogP contribution in [0.15, 0.2) is 0 Å². The van der Waals surface area contributed by atoms with Crippen LogP contribution in [0.2, 0.25) is 0 Å². The van der Waals surface area contributed by atoms with Crippen molar-refractivity contribution in [1.82, 2.24) is 10.6 Å². The van der Waals surface area contributed by atoms with Crippen molar-refractivity contribution in [3.05, 3.63) is 0 Å². The van der Waals surface area contributed by atoms with Gasteiger partial charge in [-0.15, -0.1) is 0 Å². The number of hydrogen-bond donors (Lipinski definition) is 3. The van der Waals surface area contributed by atoms with Crippen LogP contribution < -0.4 is 67.8 Å². The van der Waals surface area contributed by atoms with Crippen LogP contribution in [-0.2, 0) is 12.6 Å². The topological polar surface area (TPSA) is 50.1 Å². The van der Waals surface area contributed by atoms with Crippen LogP contribution in [0.1, 0.15) is 0 Å². The summed E-state index contributed by atoms with van der Waals surface area (Å²) in [5, 5.41) is 6.44. The molecule has 0 atom stereocenters. The molecule has 0 saturated carbocycles. The summed E-state index contributed by atoms with van der Waals surface area (Å²) in [4.78, 5) is 0. The van der Waals surface area contributed by atoms with Crippen LogP contribution in [0, 0.1) is 0 Å². The molecule has 60 valence electrons. The largest absolute Gasteiger partial charge is 1.00 e. The second kappa shape index (κ2) is 11.7. The average molecular weight is 217 g/mol. The molecule has 0 unspecified atom stereocenters. The van der Waals surface area contributed by atoms with E-state index in [4.69, 9.17) is 0 Å². The first-order valence-electron chi connectivity index (χ1n) is 3.11. The molecule has 1 rings (SSSR count). The summed E-state index contributed by atoms with van der Waals surface area (Å²) in [6.07, 6.45) is 0. The molecular weight excluding hydrogens is 205 g/mol. The Balaban J connectivity index is 0. The van der Waals surface area contributed by atoms with E-state index in [1.165, 1.54) is 0 Å². The molecule has 1 heterocycles. The summed E-state index contributed by atoms with van der Waals surface area (Å²) < 4.78 is 0.0833. The summed E-state index contributed by atoms with van der Waals surface area (Å²) in [5.74, 6) is 0. The van der Waals surface area contributed by atoms with Crippen LogP contribution in [0.25, 0.3) is 0 Å². The molecule has 1 fully saturated rings. The molecule has 4 N–H and O–H groups in total. The molecule has 0 bridgehead atoms. The van der Waals surface area contributed by atoms with E-state index in [0.29, 0.717) is 0 Å². The van der Waals surface area contributed by atoms with Crippen molar-refractivity contribution in [3.63, 3.8) is 0 Å². The number of thiocarbonyl (C=S) groups is 1. The van der Waals surface area contributed by atoms with Gasteiger partial charge in [-0.1, -0.05) is 4.32 Å². The summed E-state index contributed by atoms with van der Waals surface area (Å²) in [6.45, 7) is 4.56. The smallest absolute Gasteiger partial charge is 0.415 e. The Bertz CT molecular complexity index is 82.2. The van der Waals surface area contributed by atoms with Crippen molar-refractivity contribution in [1.29, 1.82) is 0 Å². The Morgan fingerprint density at radius 2 is 1.36 bits per heavy atom. The Hall–Kier alpha value is 1.67. The first-order chi connectivity index (χ1) is 4.73.